The molecule has 154 valence electrons. The lowest BCUT2D eigenvalue weighted by atomic mass is 10.1. The zero-order chi connectivity index (χ0) is 21.6. The third-order valence-electron chi connectivity index (χ3n) is 4.41. The Bertz CT molecular complexity index is 1230. The summed E-state index contributed by atoms with van der Waals surface area (Å²) in [7, 11) is 0. The van der Waals surface area contributed by atoms with E-state index in [1.807, 2.05) is 73.8 Å². The molecule has 2 heterocycles. The number of ether oxygens (including phenoxy) is 1. The number of anilines is 1. The summed E-state index contributed by atoms with van der Waals surface area (Å²) in [5, 5.41) is 18.1. The van der Waals surface area contributed by atoms with E-state index in [2.05, 4.69) is 15.5 Å². The van der Waals surface area contributed by atoms with Gasteiger partial charge in [0.15, 0.2) is 5.89 Å². The van der Waals surface area contributed by atoms with Crippen molar-refractivity contribution >= 4 is 12.1 Å². The summed E-state index contributed by atoms with van der Waals surface area (Å²) in [5.41, 5.74) is 6.30. The fourth-order valence-electron chi connectivity index (χ4n) is 3.03. The second-order valence-electron chi connectivity index (χ2n) is 6.56. The van der Waals surface area contributed by atoms with Crippen LogP contribution in [0.15, 0.2) is 70.3 Å². The van der Waals surface area contributed by atoms with Crippen molar-refractivity contribution in [3.63, 3.8) is 0 Å². The summed E-state index contributed by atoms with van der Waals surface area (Å²) in [6, 6.07) is 19.5. The van der Waals surface area contributed by atoms with Crippen molar-refractivity contribution in [3.8, 4) is 28.8 Å². The van der Waals surface area contributed by atoms with Crippen LogP contribution in [0.1, 0.15) is 24.1 Å². The van der Waals surface area contributed by atoms with Crippen LogP contribution in [0.5, 0.6) is 5.75 Å². The molecule has 2 aromatic heterocycles. The zero-order valence-electron chi connectivity index (χ0n) is 17.1. The summed E-state index contributed by atoms with van der Waals surface area (Å²) in [5.74, 6) is 1.39. The molecule has 0 aliphatic rings. The number of oxazole rings is 1. The molecule has 0 aliphatic heterocycles. The maximum Gasteiger partial charge on any atom is 0.252 e. The highest BCUT2D eigenvalue weighted by Crippen LogP contribution is 2.25. The lowest BCUT2D eigenvalue weighted by Gasteiger charge is -2.04. The summed E-state index contributed by atoms with van der Waals surface area (Å²) in [6.45, 7) is 4.23. The molecule has 1 N–H and O–H groups in total. The molecule has 4 rings (SSSR count). The van der Waals surface area contributed by atoms with Gasteiger partial charge >= 0.3 is 0 Å². The van der Waals surface area contributed by atoms with Crippen molar-refractivity contribution in [2.75, 3.05) is 12.0 Å². The predicted octanol–water partition coefficient (Wildman–Crippen LogP) is 4.55. The van der Waals surface area contributed by atoms with Gasteiger partial charge in [0.1, 0.15) is 17.5 Å². The number of benzene rings is 2. The Morgan fingerprint density at radius 1 is 1.19 bits per heavy atom. The van der Waals surface area contributed by atoms with Gasteiger partial charge in [0.25, 0.3) is 5.88 Å². The molecule has 0 spiro atoms. The van der Waals surface area contributed by atoms with Crippen LogP contribution in [0.2, 0.25) is 0 Å². The molecular weight excluding hydrogens is 392 g/mol. The maximum absolute atomic E-state index is 9.14. The molecule has 0 aliphatic carbocycles. The molecule has 8 heteroatoms. The first-order valence-corrected chi connectivity index (χ1v) is 9.73. The number of nitrogens with one attached hydrogen (secondary N) is 1. The molecule has 31 heavy (non-hydrogen) atoms. The van der Waals surface area contributed by atoms with Crippen LogP contribution in [-0.2, 0) is 0 Å². The predicted molar refractivity (Wildman–Crippen MR) is 117 cm³/mol. The highest BCUT2D eigenvalue weighted by atomic mass is 16.5. The number of aryl methyl sites for hydroxylation is 1. The summed E-state index contributed by atoms with van der Waals surface area (Å²) in [4.78, 5) is 3.99. The van der Waals surface area contributed by atoms with E-state index in [0.29, 0.717) is 12.5 Å². The minimum atomic E-state index is 0.154. The minimum Gasteiger partial charge on any atom is -0.494 e. The fraction of sp³-hybridized carbons (Fsp3) is 0.130. The highest BCUT2D eigenvalue weighted by molar-refractivity contribution is 5.89. The lowest BCUT2D eigenvalue weighted by molar-refractivity contribution is 0.340. The van der Waals surface area contributed by atoms with Gasteiger partial charge in [0, 0.05) is 24.2 Å². The van der Waals surface area contributed by atoms with Gasteiger partial charge in [0.05, 0.1) is 18.5 Å². The zero-order valence-corrected chi connectivity index (χ0v) is 17.1. The number of hydrogen-bond donors (Lipinski definition) is 1. The number of rotatable bonds is 7. The standard InChI is InChI=1S/C23H20N6O2/c1-3-30-20-11-9-17(10-12-20)22-18(15-29(28-22)19-7-5-4-6-8-19)14-25-27-23-21(13-24)26-16(2)31-23/h4-12,14-15,27H,3H2,1-2H3. The minimum absolute atomic E-state index is 0.154. The highest BCUT2D eigenvalue weighted by Gasteiger charge is 2.13. The van der Waals surface area contributed by atoms with E-state index in [4.69, 9.17) is 19.5 Å². The van der Waals surface area contributed by atoms with Crippen LogP contribution < -0.4 is 10.2 Å². The van der Waals surface area contributed by atoms with Crippen molar-refractivity contribution in [1.82, 2.24) is 14.8 Å². The van der Waals surface area contributed by atoms with E-state index in [-0.39, 0.29) is 11.6 Å². The van der Waals surface area contributed by atoms with Gasteiger partial charge in [-0.25, -0.2) is 15.1 Å². The second-order valence-corrected chi connectivity index (χ2v) is 6.56. The Morgan fingerprint density at radius 2 is 1.97 bits per heavy atom. The smallest absolute Gasteiger partial charge is 0.252 e. The first-order valence-electron chi connectivity index (χ1n) is 9.73. The van der Waals surface area contributed by atoms with Crippen molar-refractivity contribution in [3.05, 3.63) is 77.9 Å². The monoisotopic (exact) mass is 412 g/mol. The quantitative estimate of drug-likeness (QED) is 0.353. The lowest BCUT2D eigenvalue weighted by Crippen LogP contribution is -1.94. The average Bonchev–Trinajstić information content (AvgIpc) is 3.38. The SMILES string of the molecule is CCOc1ccc(-c2nn(-c3ccccc3)cc2C=NNc2oc(C)nc2C#N)cc1. The molecule has 0 fully saturated rings. The topological polar surface area (TPSA) is 101 Å². The van der Waals surface area contributed by atoms with Crippen molar-refractivity contribution in [1.29, 1.82) is 5.26 Å². The summed E-state index contributed by atoms with van der Waals surface area (Å²) >= 11 is 0. The first-order chi connectivity index (χ1) is 15.2. The van der Waals surface area contributed by atoms with Gasteiger partial charge in [-0.05, 0) is 43.3 Å². The van der Waals surface area contributed by atoms with Crippen LogP contribution in [-0.4, -0.2) is 27.6 Å². The maximum atomic E-state index is 9.14. The third-order valence-corrected chi connectivity index (χ3v) is 4.41. The van der Waals surface area contributed by atoms with Gasteiger partial charge in [0.2, 0.25) is 5.69 Å². The molecule has 0 bridgehead atoms. The second kappa shape index (κ2) is 8.97. The van der Waals surface area contributed by atoms with E-state index in [1.165, 1.54) is 0 Å². The number of para-hydroxylation sites is 1. The Hall–Kier alpha value is -4.38. The number of hydrazone groups is 1. The number of hydrogen-bond acceptors (Lipinski definition) is 7. The largest absolute Gasteiger partial charge is 0.494 e. The third kappa shape index (κ3) is 4.46. The Labute approximate surface area is 179 Å². The van der Waals surface area contributed by atoms with Crippen LogP contribution >= 0.6 is 0 Å². The van der Waals surface area contributed by atoms with Crippen LogP contribution in [0.25, 0.3) is 16.9 Å². The van der Waals surface area contributed by atoms with Crippen LogP contribution in [0, 0.1) is 18.3 Å². The van der Waals surface area contributed by atoms with Gasteiger partial charge in [-0.2, -0.15) is 15.5 Å². The van der Waals surface area contributed by atoms with Crippen molar-refractivity contribution < 1.29 is 9.15 Å². The summed E-state index contributed by atoms with van der Waals surface area (Å²) < 4.78 is 12.7. The molecule has 8 nitrogen and oxygen atoms in total. The summed E-state index contributed by atoms with van der Waals surface area (Å²) in [6.07, 6.45) is 3.53. The molecule has 0 radical (unpaired) electrons. The van der Waals surface area contributed by atoms with Crippen molar-refractivity contribution in [2.45, 2.75) is 13.8 Å². The van der Waals surface area contributed by atoms with E-state index in [1.54, 1.807) is 17.8 Å². The molecule has 2 aromatic carbocycles. The van der Waals surface area contributed by atoms with E-state index in [0.717, 1.165) is 28.3 Å². The molecule has 0 saturated heterocycles. The number of aromatic nitrogens is 3. The normalized spacial score (nSPS) is 10.9. The number of nitrogens with zero attached hydrogens (tertiary/aromatic N) is 5. The average molecular weight is 412 g/mol. The molecule has 4 aromatic rings. The van der Waals surface area contributed by atoms with Crippen LogP contribution in [0.3, 0.4) is 0 Å². The Kier molecular flexibility index (Phi) is 5.76. The molecular formula is C23H20N6O2. The van der Waals surface area contributed by atoms with Gasteiger partial charge in [-0.15, -0.1) is 0 Å². The fourth-order valence-corrected chi connectivity index (χ4v) is 3.03. The first kappa shape index (κ1) is 19.9. The van der Waals surface area contributed by atoms with Crippen molar-refractivity contribution in [2.24, 2.45) is 5.10 Å². The van der Waals surface area contributed by atoms with Gasteiger partial charge < -0.3 is 9.15 Å². The molecule has 0 unspecified atom stereocenters. The molecule has 0 saturated carbocycles. The van der Waals surface area contributed by atoms with Gasteiger partial charge in [-0.1, -0.05) is 18.2 Å². The Morgan fingerprint density at radius 3 is 2.68 bits per heavy atom. The van der Waals surface area contributed by atoms with E-state index < -0.39 is 0 Å². The van der Waals surface area contributed by atoms with E-state index >= 15 is 0 Å². The van der Waals surface area contributed by atoms with E-state index in [9.17, 15) is 0 Å². The van der Waals surface area contributed by atoms with Crippen LogP contribution in [0.4, 0.5) is 5.88 Å². The number of nitriles is 1. The molecule has 0 amide bonds. The molecule has 0 atom stereocenters. The Balaban J connectivity index is 1.68. The van der Waals surface area contributed by atoms with Gasteiger partial charge in [-0.3, -0.25) is 0 Å².